The average Bonchev–Trinajstić information content (AvgIpc) is 2.67. The summed E-state index contributed by atoms with van der Waals surface area (Å²) in [6.07, 6.45) is 7.23. The molecule has 0 spiro atoms. The van der Waals surface area contributed by atoms with E-state index < -0.39 is 0 Å². The van der Waals surface area contributed by atoms with Gasteiger partial charge in [-0.1, -0.05) is 12.8 Å². The highest BCUT2D eigenvalue weighted by Crippen LogP contribution is 2.29. The van der Waals surface area contributed by atoms with Crippen LogP contribution < -0.4 is 5.32 Å². The van der Waals surface area contributed by atoms with Crippen molar-refractivity contribution in [1.29, 1.82) is 0 Å². The first kappa shape index (κ1) is 11.4. The molecule has 1 heterocycles. The Hall–Kier alpha value is -0.120. The third-order valence-corrected chi connectivity index (χ3v) is 3.98. The Balaban J connectivity index is 1.94. The molecule has 1 aliphatic carbocycles. The van der Waals surface area contributed by atoms with E-state index in [2.05, 4.69) is 10.2 Å². The fraction of sp³-hybridized carbons (Fsp3) is 1.00. The zero-order valence-corrected chi connectivity index (χ0v) is 9.78. The van der Waals surface area contributed by atoms with Crippen LogP contribution >= 0.6 is 0 Å². The zero-order valence-electron chi connectivity index (χ0n) is 9.78. The van der Waals surface area contributed by atoms with Gasteiger partial charge in [-0.2, -0.15) is 0 Å². The Kier molecular flexibility index (Phi) is 4.00. The number of rotatable bonds is 3. The Bertz CT molecular complexity index is 198. The molecular formula is C12H24N2O. The summed E-state index contributed by atoms with van der Waals surface area (Å²) in [5.41, 5.74) is 0. The third-order valence-electron chi connectivity index (χ3n) is 3.98. The van der Waals surface area contributed by atoms with Crippen molar-refractivity contribution in [1.82, 2.24) is 10.2 Å². The number of nitrogens with one attached hydrogen (secondary N) is 1. The minimum absolute atomic E-state index is 0.0730. The largest absolute Gasteiger partial charge is 0.391 e. The van der Waals surface area contributed by atoms with E-state index in [9.17, 15) is 5.11 Å². The van der Waals surface area contributed by atoms with Crippen LogP contribution in [0.25, 0.3) is 0 Å². The van der Waals surface area contributed by atoms with Crippen LogP contribution in [-0.4, -0.2) is 48.3 Å². The second-order valence-electron chi connectivity index (χ2n) is 5.01. The molecule has 15 heavy (non-hydrogen) atoms. The lowest BCUT2D eigenvalue weighted by Crippen LogP contribution is -2.50. The quantitative estimate of drug-likeness (QED) is 0.732. The summed E-state index contributed by atoms with van der Waals surface area (Å²) >= 11 is 0. The number of aliphatic hydroxyl groups excluding tert-OH is 1. The standard InChI is InChI=1S/C12H24N2O/c1-13-9-10-5-4-8-14(10)11-6-2-3-7-12(11)15/h10-13,15H,2-9H2,1H3. The van der Waals surface area contributed by atoms with Crippen LogP contribution in [0.15, 0.2) is 0 Å². The minimum Gasteiger partial charge on any atom is -0.391 e. The highest BCUT2D eigenvalue weighted by Gasteiger charge is 2.35. The first-order valence-electron chi connectivity index (χ1n) is 6.41. The third kappa shape index (κ3) is 2.52. The van der Waals surface area contributed by atoms with Gasteiger partial charge in [-0.15, -0.1) is 0 Å². The second kappa shape index (κ2) is 5.28. The van der Waals surface area contributed by atoms with E-state index in [1.807, 2.05) is 7.05 Å². The van der Waals surface area contributed by atoms with Gasteiger partial charge in [0.25, 0.3) is 0 Å². The van der Waals surface area contributed by atoms with Crippen molar-refractivity contribution in [3.8, 4) is 0 Å². The minimum atomic E-state index is -0.0730. The first-order valence-corrected chi connectivity index (χ1v) is 6.41. The predicted octanol–water partition coefficient (Wildman–Crippen LogP) is 0.974. The van der Waals surface area contributed by atoms with Crippen molar-refractivity contribution in [2.45, 2.75) is 56.7 Å². The van der Waals surface area contributed by atoms with E-state index in [0.29, 0.717) is 12.1 Å². The van der Waals surface area contributed by atoms with Gasteiger partial charge in [-0.3, -0.25) is 4.90 Å². The summed E-state index contributed by atoms with van der Waals surface area (Å²) in [6, 6.07) is 1.10. The summed E-state index contributed by atoms with van der Waals surface area (Å²) < 4.78 is 0. The lowest BCUT2D eigenvalue weighted by Gasteiger charge is -2.38. The molecule has 1 saturated heterocycles. The molecule has 2 aliphatic rings. The van der Waals surface area contributed by atoms with Gasteiger partial charge in [0, 0.05) is 18.6 Å². The highest BCUT2D eigenvalue weighted by atomic mass is 16.3. The Labute approximate surface area is 92.8 Å². The molecule has 0 amide bonds. The van der Waals surface area contributed by atoms with Gasteiger partial charge in [-0.25, -0.2) is 0 Å². The number of aliphatic hydroxyl groups is 1. The van der Waals surface area contributed by atoms with Gasteiger partial charge in [-0.05, 0) is 39.3 Å². The van der Waals surface area contributed by atoms with Gasteiger partial charge in [0.15, 0.2) is 0 Å². The van der Waals surface area contributed by atoms with Gasteiger partial charge in [0.1, 0.15) is 0 Å². The first-order chi connectivity index (χ1) is 7.33. The predicted molar refractivity (Wildman–Crippen MR) is 61.9 cm³/mol. The molecule has 2 N–H and O–H groups in total. The maximum atomic E-state index is 10.1. The second-order valence-corrected chi connectivity index (χ2v) is 5.01. The fourth-order valence-electron chi connectivity index (χ4n) is 3.23. The van der Waals surface area contributed by atoms with Crippen LogP contribution in [0.5, 0.6) is 0 Å². The summed E-state index contributed by atoms with van der Waals surface area (Å²) in [6.45, 7) is 2.26. The molecule has 2 fully saturated rings. The molecule has 1 aliphatic heterocycles. The van der Waals surface area contributed by atoms with Crippen LogP contribution in [0.2, 0.25) is 0 Å². The molecule has 3 heteroatoms. The van der Waals surface area contributed by atoms with Crippen molar-refractivity contribution >= 4 is 0 Å². The van der Waals surface area contributed by atoms with E-state index in [4.69, 9.17) is 0 Å². The van der Waals surface area contributed by atoms with Crippen LogP contribution in [0, 0.1) is 0 Å². The maximum Gasteiger partial charge on any atom is 0.0695 e. The molecule has 0 aromatic carbocycles. The molecule has 0 bridgehead atoms. The molecule has 0 radical (unpaired) electrons. The molecule has 0 aromatic rings. The molecule has 1 saturated carbocycles. The van der Waals surface area contributed by atoms with E-state index in [1.165, 1.54) is 38.6 Å². The molecule has 2 rings (SSSR count). The monoisotopic (exact) mass is 212 g/mol. The van der Waals surface area contributed by atoms with Crippen LogP contribution in [-0.2, 0) is 0 Å². The Morgan fingerprint density at radius 3 is 2.73 bits per heavy atom. The van der Waals surface area contributed by atoms with Crippen LogP contribution in [0.4, 0.5) is 0 Å². The molecule has 0 aromatic heterocycles. The van der Waals surface area contributed by atoms with Crippen LogP contribution in [0.1, 0.15) is 38.5 Å². The molecule has 3 atom stereocenters. The van der Waals surface area contributed by atoms with Crippen molar-refractivity contribution in [3.63, 3.8) is 0 Å². The van der Waals surface area contributed by atoms with Crippen molar-refractivity contribution in [3.05, 3.63) is 0 Å². The summed E-state index contributed by atoms with van der Waals surface area (Å²) in [4.78, 5) is 2.56. The van der Waals surface area contributed by atoms with Gasteiger partial charge < -0.3 is 10.4 Å². The normalized spacial score (nSPS) is 38.4. The number of nitrogens with zero attached hydrogens (tertiary/aromatic N) is 1. The highest BCUT2D eigenvalue weighted by molar-refractivity contribution is 4.91. The Morgan fingerprint density at radius 1 is 1.20 bits per heavy atom. The van der Waals surface area contributed by atoms with Crippen LogP contribution in [0.3, 0.4) is 0 Å². The molecular weight excluding hydrogens is 188 g/mol. The lowest BCUT2D eigenvalue weighted by molar-refractivity contribution is 0.0140. The van der Waals surface area contributed by atoms with Crippen molar-refractivity contribution in [2.24, 2.45) is 0 Å². The SMILES string of the molecule is CNCC1CCCN1C1CCCCC1O. The van der Waals surface area contributed by atoms with E-state index in [1.54, 1.807) is 0 Å². The van der Waals surface area contributed by atoms with Gasteiger partial charge in [0.05, 0.1) is 6.10 Å². The van der Waals surface area contributed by atoms with E-state index in [-0.39, 0.29) is 6.10 Å². The molecule has 88 valence electrons. The maximum absolute atomic E-state index is 10.1. The van der Waals surface area contributed by atoms with Crippen molar-refractivity contribution < 1.29 is 5.11 Å². The number of likely N-dealkylation sites (tertiary alicyclic amines) is 1. The topological polar surface area (TPSA) is 35.5 Å². The fourth-order valence-corrected chi connectivity index (χ4v) is 3.23. The summed E-state index contributed by atoms with van der Waals surface area (Å²) in [7, 11) is 2.02. The number of likely N-dealkylation sites (N-methyl/N-ethyl adjacent to an activating group) is 1. The van der Waals surface area contributed by atoms with E-state index in [0.717, 1.165) is 13.0 Å². The molecule has 3 nitrogen and oxygen atoms in total. The lowest BCUT2D eigenvalue weighted by atomic mass is 9.91. The summed E-state index contributed by atoms with van der Waals surface area (Å²) in [5, 5.41) is 13.3. The number of hydrogen-bond acceptors (Lipinski definition) is 3. The van der Waals surface area contributed by atoms with Crippen molar-refractivity contribution in [2.75, 3.05) is 20.1 Å². The number of hydrogen-bond donors (Lipinski definition) is 2. The molecule has 3 unspecified atom stereocenters. The zero-order chi connectivity index (χ0) is 10.7. The van der Waals surface area contributed by atoms with E-state index >= 15 is 0 Å². The Morgan fingerprint density at radius 2 is 2.00 bits per heavy atom. The smallest absolute Gasteiger partial charge is 0.0695 e. The summed E-state index contributed by atoms with van der Waals surface area (Å²) in [5.74, 6) is 0. The van der Waals surface area contributed by atoms with Gasteiger partial charge >= 0.3 is 0 Å². The average molecular weight is 212 g/mol. The van der Waals surface area contributed by atoms with Gasteiger partial charge in [0.2, 0.25) is 0 Å².